The number of rotatable bonds is 5. The van der Waals surface area contributed by atoms with Crippen LogP contribution in [0.15, 0.2) is 60.0 Å². The van der Waals surface area contributed by atoms with Crippen molar-refractivity contribution in [2.24, 2.45) is 0 Å². The SMILES string of the molecule is O=Cc1ccc(-c2cc(OCc3ccccc3)cs2)cc1Cl. The molecular weight excluding hydrogens is 316 g/mol. The number of carbonyl (C=O) groups is 1. The van der Waals surface area contributed by atoms with Crippen LogP contribution in [0.3, 0.4) is 0 Å². The third-order valence-electron chi connectivity index (χ3n) is 3.24. The van der Waals surface area contributed by atoms with Crippen LogP contribution in [0.25, 0.3) is 10.4 Å². The van der Waals surface area contributed by atoms with Crippen LogP contribution in [0.1, 0.15) is 15.9 Å². The summed E-state index contributed by atoms with van der Waals surface area (Å²) in [4.78, 5) is 11.9. The summed E-state index contributed by atoms with van der Waals surface area (Å²) in [5.74, 6) is 0.833. The Labute approximate surface area is 137 Å². The smallest absolute Gasteiger partial charge is 0.151 e. The maximum Gasteiger partial charge on any atom is 0.151 e. The summed E-state index contributed by atoms with van der Waals surface area (Å²) in [5.41, 5.74) is 2.62. The summed E-state index contributed by atoms with van der Waals surface area (Å²) < 4.78 is 5.79. The van der Waals surface area contributed by atoms with E-state index in [1.807, 2.05) is 47.8 Å². The molecule has 0 bridgehead atoms. The number of halogens is 1. The average Bonchev–Trinajstić information content (AvgIpc) is 3.03. The van der Waals surface area contributed by atoms with E-state index >= 15 is 0 Å². The first-order valence-corrected chi connectivity index (χ1v) is 8.02. The molecule has 0 saturated carbocycles. The second-order valence-electron chi connectivity index (χ2n) is 4.78. The molecule has 4 heteroatoms. The van der Waals surface area contributed by atoms with Crippen molar-refractivity contribution < 1.29 is 9.53 Å². The highest BCUT2D eigenvalue weighted by molar-refractivity contribution is 7.13. The standard InChI is InChI=1S/C18H13ClO2S/c19-17-8-14(6-7-15(17)10-20)18-9-16(12-22-18)21-11-13-4-2-1-3-5-13/h1-10,12H,11H2. The minimum absolute atomic E-state index is 0.465. The lowest BCUT2D eigenvalue weighted by atomic mass is 10.1. The molecule has 0 radical (unpaired) electrons. The highest BCUT2D eigenvalue weighted by atomic mass is 35.5. The zero-order valence-electron chi connectivity index (χ0n) is 11.7. The normalized spacial score (nSPS) is 10.4. The zero-order chi connectivity index (χ0) is 15.4. The minimum atomic E-state index is 0.465. The summed E-state index contributed by atoms with van der Waals surface area (Å²) in [7, 11) is 0. The Morgan fingerprint density at radius 1 is 1.09 bits per heavy atom. The molecule has 3 aromatic rings. The third kappa shape index (κ3) is 3.38. The van der Waals surface area contributed by atoms with Gasteiger partial charge in [0.05, 0.1) is 5.02 Å². The van der Waals surface area contributed by atoms with Gasteiger partial charge in [-0.3, -0.25) is 4.79 Å². The van der Waals surface area contributed by atoms with Crippen molar-refractivity contribution in [3.05, 3.63) is 76.1 Å². The fourth-order valence-electron chi connectivity index (χ4n) is 2.06. The van der Waals surface area contributed by atoms with E-state index in [1.54, 1.807) is 23.5 Å². The molecule has 0 amide bonds. The second kappa shape index (κ2) is 6.77. The van der Waals surface area contributed by atoms with Crippen LogP contribution < -0.4 is 4.74 Å². The van der Waals surface area contributed by atoms with E-state index in [2.05, 4.69) is 0 Å². The molecule has 2 aromatic carbocycles. The molecule has 0 spiro atoms. The number of hydrogen-bond donors (Lipinski definition) is 0. The molecule has 0 unspecified atom stereocenters. The lowest BCUT2D eigenvalue weighted by Crippen LogP contribution is -1.93. The molecule has 1 aromatic heterocycles. The van der Waals surface area contributed by atoms with Gasteiger partial charge in [-0.2, -0.15) is 0 Å². The Morgan fingerprint density at radius 2 is 1.91 bits per heavy atom. The van der Waals surface area contributed by atoms with Crippen molar-refractivity contribution >= 4 is 29.2 Å². The van der Waals surface area contributed by atoms with Gasteiger partial charge < -0.3 is 4.74 Å². The summed E-state index contributed by atoms with van der Waals surface area (Å²) in [6.45, 7) is 0.544. The van der Waals surface area contributed by atoms with Gasteiger partial charge in [0.1, 0.15) is 12.4 Å². The molecule has 3 rings (SSSR count). The van der Waals surface area contributed by atoms with E-state index in [1.165, 1.54) is 0 Å². The minimum Gasteiger partial charge on any atom is -0.488 e. The first-order valence-electron chi connectivity index (χ1n) is 6.76. The maximum absolute atomic E-state index is 10.8. The fourth-order valence-corrected chi connectivity index (χ4v) is 3.11. The predicted molar refractivity (Wildman–Crippen MR) is 90.9 cm³/mol. The Bertz CT molecular complexity index is 781. The largest absolute Gasteiger partial charge is 0.488 e. The molecule has 0 saturated heterocycles. The summed E-state index contributed by atoms with van der Waals surface area (Å²) >= 11 is 7.66. The predicted octanol–water partition coefficient (Wildman–Crippen LogP) is 5.46. The van der Waals surface area contributed by atoms with Crippen molar-refractivity contribution in [1.29, 1.82) is 0 Å². The molecule has 0 aliphatic heterocycles. The molecule has 0 fully saturated rings. The Hall–Kier alpha value is -2.10. The van der Waals surface area contributed by atoms with Crippen LogP contribution in [0.4, 0.5) is 0 Å². The van der Waals surface area contributed by atoms with E-state index in [9.17, 15) is 4.79 Å². The molecule has 110 valence electrons. The van der Waals surface area contributed by atoms with Crippen LogP contribution in [0.5, 0.6) is 5.75 Å². The number of hydrogen-bond acceptors (Lipinski definition) is 3. The number of ether oxygens (including phenoxy) is 1. The summed E-state index contributed by atoms with van der Waals surface area (Å²) in [6, 6.07) is 17.5. The molecule has 2 nitrogen and oxygen atoms in total. The van der Waals surface area contributed by atoms with Crippen molar-refractivity contribution in [2.75, 3.05) is 0 Å². The van der Waals surface area contributed by atoms with E-state index in [4.69, 9.17) is 16.3 Å². The van der Waals surface area contributed by atoms with Gasteiger partial charge in [-0.1, -0.05) is 48.0 Å². The van der Waals surface area contributed by atoms with Gasteiger partial charge in [-0.25, -0.2) is 0 Å². The summed E-state index contributed by atoms with van der Waals surface area (Å²) in [6.07, 6.45) is 0.759. The quantitative estimate of drug-likeness (QED) is 0.581. The van der Waals surface area contributed by atoms with Gasteiger partial charge in [-0.15, -0.1) is 11.3 Å². The number of aldehydes is 1. The van der Waals surface area contributed by atoms with Crippen molar-refractivity contribution in [3.8, 4) is 16.2 Å². The molecule has 0 atom stereocenters. The van der Waals surface area contributed by atoms with E-state index in [-0.39, 0.29) is 0 Å². The fraction of sp³-hybridized carbons (Fsp3) is 0.0556. The highest BCUT2D eigenvalue weighted by Gasteiger charge is 2.07. The van der Waals surface area contributed by atoms with Crippen LogP contribution in [0.2, 0.25) is 5.02 Å². The molecule has 0 aliphatic rings. The lowest BCUT2D eigenvalue weighted by Gasteiger charge is -2.03. The van der Waals surface area contributed by atoms with Crippen molar-refractivity contribution in [3.63, 3.8) is 0 Å². The van der Waals surface area contributed by atoms with Crippen LogP contribution in [-0.2, 0) is 6.61 Å². The number of benzene rings is 2. The van der Waals surface area contributed by atoms with Crippen LogP contribution >= 0.6 is 22.9 Å². The third-order valence-corrected chi connectivity index (χ3v) is 4.52. The zero-order valence-corrected chi connectivity index (χ0v) is 13.2. The molecule has 0 N–H and O–H groups in total. The van der Waals surface area contributed by atoms with Gasteiger partial charge in [-0.05, 0) is 29.3 Å². The molecule has 1 heterocycles. The Balaban J connectivity index is 1.73. The monoisotopic (exact) mass is 328 g/mol. The van der Waals surface area contributed by atoms with E-state index in [0.717, 1.165) is 28.0 Å². The lowest BCUT2D eigenvalue weighted by molar-refractivity contribution is 0.112. The average molecular weight is 329 g/mol. The Morgan fingerprint density at radius 3 is 2.64 bits per heavy atom. The van der Waals surface area contributed by atoms with Crippen molar-refractivity contribution in [2.45, 2.75) is 6.61 Å². The first kappa shape index (κ1) is 14.8. The number of thiophene rings is 1. The van der Waals surface area contributed by atoms with E-state index in [0.29, 0.717) is 17.2 Å². The first-order chi connectivity index (χ1) is 10.8. The molecule has 0 aliphatic carbocycles. The van der Waals surface area contributed by atoms with Gasteiger partial charge in [0.15, 0.2) is 6.29 Å². The van der Waals surface area contributed by atoms with Gasteiger partial charge in [0.25, 0.3) is 0 Å². The molecular formula is C18H13ClO2S. The highest BCUT2D eigenvalue weighted by Crippen LogP contribution is 2.33. The Kier molecular flexibility index (Phi) is 4.56. The van der Waals surface area contributed by atoms with Gasteiger partial charge >= 0.3 is 0 Å². The van der Waals surface area contributed by atoms with Crippen molar-refractivity contribution in [1.82, 2.24) is 0 Å². The second-order valence-corrected chi connectivity index (χ2v) is 6.09. The molecule has 22 heavy (non-hydrogen) atoms. The van der Waals surface area contributed by atoms with Crippen LogP contribution in [0, 0.1) is 0 Å². The van der Waals surface area contributed by atoms with Gasteiger partial charge in [0, 0.05) is 15.8 Å². The topological polar surface area (TPSA) is 26.3 Å². The maximum atomic E-state index is 10.8. The number of carbonyl (C=O) groups excluding carboxylic acids is 1. The van der Waals surface area contributed by atoms with E-state index < -0.39 is 0 Å². The van der Waals surface area contributed by atoms with Crippen LogP contribution in [-0.4, -0.2) is 6.29 Å². The summed E-state index contributed by atoms with van der Waals surface area (Å²) in [5, 5.41) is 2.44. The van der Waals surface area contributed by atoms with Gasteiger partial charge in [0.2, 0.25) is 0 Å².